The topological polar surface area (TPSA) is 81.9 Å². The Bertz CT molecular complexity index is 1460. The second-order valence-corrected chi connectivity index (χ2v) is 12.6. The summed E-state index contributed by atoms with van der Waals surface area (Å²) in [6, 6.07) is 13.4. The van der Waals surface area contributed by atoms with Crippen LogP contribution in [0.4, 0.5) is 18.9 Å². The third-order valence-electron chi connectivity index (χ3n) is 7.38. The molecule has 0 aliphatic carbocycles. The number of aliphatic hydroxyl groups excluding tert-OH is 1. The van der Waals surface area contributed by atoms with Gasteiger partial charge < -0.3 is 10.0 Å². The third kappa shape index (κ3) is 6.31. The van der Waals surface area contributed by atoms with Gasteiger partial charge in [-0.3, -0.25) is 9.58 Å². The molecule has 0 bridgehead atoms. The van der Waals surface area contributed by atoms with Gasteiger partial charge >= 0.3 is 6.18 Å². The fourth-order valence-corrected chi connectivity index (χ4v) is 6.34. The second kappa shape index (κ2) is 11.3. The predicted octanol–water partition coefficient (Wildman–Crippen LogP) is 3.52. The van der Waals surface area contributed by atoms with E-state index in [9.17, 15) is 26.7 Å². The van der Waals surface area contributed by atoms with Gasteiger partial charge in [-0.15, -0.1) is 0 Å². The molecule has 0 amide bonds. The number of β-amino-alcohol motifs (C(OH)–C–C–N with tert-alkyl or cyclic N) is 1. The molecule has 3 aromatic rings. The Morgan fingerprint density at radius 1 is 1.07 bits per heavy atom. The number of halogens is 4. The number of sulfonamides is 1. The number of alkyl halides is 3. The van der Waals surface area contributed by atoms with Gasteiger partial charge in [-0.25, -0.2) is 8.42 Å². The molecule has 3 heterocycles. The first-order valence-corrected chi connectivity index (χ1v) is 15.2. The molecular formula is C27H30ClF3N5O3S. The summed E-state index contributed by atoms with van der Waals surface area (Å²) in [6.07, 6.45) is -3.70. The molecule has 1 fully saturated rings. The summed E-state index contributed by atoms with van der Waals surface area (Å²) in [6.45, 7) is 3.87. The molecule has 1 saturated heterocycles. The molecule has 215 valence electrons. The number of hydrogen-bond donors (Lipinski definition) is 1. The molecule has 40 heavy (non-hydrogen) atoms. The number of aromatic nitrogens is 2. The van der Waals surface area contributed by atoms with E-state index >= 15 is 0 Å². The highest BCUT2D eigenvalue weighted by Crippen LogP contribution is 2.34. The van der Waals surface area contributed by atoms with E-state index in [1.54, 1.807) is 4.68 Å². The quantitative estimate of drug-likeness (QED) is 0.450. The lowest BCUT2D eigenvalue weighted by atomic mass is 10.0. The van der Waals surface area contributed by atoms with E-state index in [0.717, 1.165) is 55.9 Å². The van der Waals surface area contributed by atoms with Crippen LogP contribution in [-0.2, 0) is 35.7 Å². The average Bonchev–Trinajstić information content (AvgIpc) is 3.26. The van der Waals surface area contributed by atoms with Crippen molar-refractivity contribution in [3.8, 4) is 11.3 Å². The van der Waals surface area contributed by atoms with E-state index in [4.69, 9.17) is 11.6 Å². The summed E-state index contributed by atoms with van der Waals surface area (Å²) in [5, 5.41) is 16.3. The van der Waals surface area contributed by atoms with Crippen LogP contribution in [0.15, 0.2) is 42.5 Å². The second-order valence-electron chi connectivity index (χ2n) is 10.2. The van der Waals surface area contributed by atoms with Gasteiger partial charge in [-0.1, -0.05) is 35.9 Å². The third-order valence-corrected chi connectivity index (χ3v) is 8.93. The maximum atomic E-state index is 13.1. The molecule has 1 atom stereocenters. The number of piperazine rings is 1. The smallest absolute Gasteiger partial charge is 0.390 e. The Balaban J connectivity index is 1.32. The Labute approximate surface area is 236 Å². The molecule has 1 radical (unpaired) electrons. The summed E-state index contributed by atoms with van der Waals surface area (Å²) in [5.74, 6) is 0. The minimum Gasteiger partial charge on any atom is -0.390 e. The van der Waals surface area contributed by atoms with Gasteiger partial charge in [0.25, 0.3) is 0 Å². The number of rotatable bonds is 7. The van der Waals surface area contributed by atoms with Gasteiger partial charge in [0, 0.05) is 75.1 Å². The summed E-state index contributed by atoms with van der Waals surface area (Å²) in [4.78, 5) is 4.33. The first-order valence-electron chi connectivity index (χ1n) is 12.9. The molecule has 5 rings (SSSR count). The van der Waals surface area contributed by atoms with Crippen molar-refractivity contribution in [1.82, 2.24) is 19.0 Å². The van der Waals surface area contributed by atoms with Crippen molar-refractivity contribution in [2.24, 2.45) is 0 Å². The number of fused-ring (bicyclic) bond motifs is 1. The molecule has 2 aromatic carbocycles. The van der Waals surface area contributed by atoms with Crippen LogP contribution in [0, 0.1) is 6.07 Å². The van der Waals surface area contributed by atoms with E-state index in [1.807, 2.05) is 18.2 Å². The maximum Gasteiger partial charge on any atom is 0.416 e. The van der Waals surface area contributed by atoms with E-state index in [0.29, 0.717) is 34.8 Å². The highest BCUT2D eigenvalue weighted by Gasteiger charge is 2.32. The Morgan fingerprint density at radius 3 is 2.40 bits per heavy atom. The number of benzene rings is 2. The minimum atomic E-state index is -4.47. The van der Waals surface area contributed by atoms with Crippen molar-refractivity contribution < 1.29 is 26.7 Å². The average molecular weight is 597 g/mol. The van der Waals surface area contributed by atoms with Crippen LogP contribution >= 0.6 is 11.6 Å². The number of nitrogens with zero attached hydrogens (tertiary/aromatic N) is 5. The van der Waals surface area contributed by atoms with Crippen molar-refractivity contribution in [3.05, 3.63) is 70.4 Å². The number of anilines is 1. The summed E-state index contributed by atoms with van der Waals surface area (Å²) in [7, 11) is -3.48. The summed E-state index contributed by atoms with van der Waals surface area (Å²) in [5.41, 5.74) is 2.41. The van der Waals surface area contributed by atoms with Gasteiger partial charge in [0.1, 0.15) is 0 Å². The largest absolute Gasteiger partial charge is 0.416 e. The molecule has 13 heteroatoms. The van der Waals surface area contributed by atoms with Crippen molar-refractivity contribution in [1.29, 1.82) is 0 Å². The van der Waals surface area contributed by atoms with Crippen LogP contribution in [-0.4, -0.2) is 84.1 Å². The number of aliphatic hydroxyl groups is 1. The zero-order valence-corrected chi connectivity index (χ0v) is 23.5. The van der Waals surface area contributed by atoms with Crippen LogP contribution < -0.4 is 4.90 Å². The fraction of sp³-hybridized carbons (Fsp3) is 0.444. The summed E-state index contributed by atoms with van der Waals surface area (Å²) < 4.78 is 66.8. The van der Waals surface area contributed by atoms with Crippen molar-refractivity contribution in [3.63, 3.8) is 0 Å². The highest BCUT2D eigenvalue weighted by atomic mass is 35.5. The first-order chi connectivity index (χ1) is 18.9. The van der Waals surface area contributed by atoms with E-state index in [1.165, 1.54) is 16.4 Å². The fourth-order valence-electron chi connectivity index (χ4n) is 5.31. The molecule has 1 unspecified atom stereocenters. The lowest BCUT2D eigenvalue weighted by Crippen LogP contribution is -2.49. The van der Waals surface area contributed by atoms with Gasteiger partial charge in [-0.2, -0.15) is 22.6 Å². The zero-order valence-electron chi connectivity index (χ0n) is 21.9. The molecule has 2 aliphatic rings. The van der Waals surface area contributed by atoms with E-state index < -0.39 is 27.9 Å². The van der Waals surface area contributed by atoms with Crippen LogP contribution in [0.1, 0.15) is 16.8 Å². The van der Waals surface area contributed by atoms with Crippen molar-refractivity contribution in [2.75, 3.05) is 50.4 Å². The highest BCUT2D eigenvalue weighted by molar-refractivity contribution is 7.88. The Hall–Kier alpha value is -2.64. The van der Waals surface area contributed by atoms with Crippen LogP contribution in [0.5, 0.6) is 0 Å². The SMILES string of the molecule is CS(=O)(=O)N1CCc2c(c(-c3ccc(C(F)(F)F)cc3)nn2CC(O)CN2CCN(c3[c]cccc3Cl)CC2)C1. The normalized spacial score (nSPS) is 18.1. The Morgan fingerprint density at radius 2 is 1.77 bits per heavy atom. The molecule has 0 saturated carbocycles. The molecule has 8 nitrogen and oxygen atoms in total. The monoisotopic (exact) mass is 596 g/mol. The van der Waals surface area contributed by atoms with Crippen molar-refractivity contribution in [2.45, 2.75) is 31.8 Å². The van der Waals surface area contributed by atoms with Crippen LogP contribution in [0.25, 0.3) is 11.3 Å². The Kier molecular flexibility index (Phi) is 8.17. The lowest BCUT2D eigenvalue weighted by Gasteiger charge is -2.37. The van der Waals surface area contributed by atoms with Gasteiger partial charge in [-0.05, 0) is 18.2 Å². The maximum absolute atomic E-state index is 13.1. The molecule has 1 aromatic heterocycles. The zero-order chi connectivity index (χ0) is 28.7. The number of hydrogen-bond acceptors (Lipinski definition) is 6. The predicted molar refractivity (Wildman–Crippen MR) is 147 cm³/mol. The number of para-hydroxylation sites is 1. The van der Waals surface area contributed by atoms with Gasteiger partial charge in [0.15, 0.2) is 0 Å². The van der Waals surface area contributed by atoms with E-state index in [2.05, 4.69) is 21.0 Å². The van der Waals surface area contributed by atoms with Gasteiger partial charge in [0.2, 0.25) is 10.0 Å². The first kappa shape index (κ1) is 28.9. The molecule has 2 aliphatic heterocycles. The summed E-state index contributed by atoms with van der Waals surface area (Å²) >= 11 is 6.31. The van der Waals surface area contributed by atoms with Crippen molar-refractivity contribution >= 4 is 27.3 Å². The van der Waals surface area contributed by atoms with Crippen LogP contribution in [0.3, 0.4) is 0 Å². The lowest BCUT2D eigenvalue weighted by molar-refractivity contribution is -0.137. The molecule has 1 N–H and O–H groups in total. The molecule has 0 spiro atoms. The van der Waals surface area contributed by atoms with Gasteiger partial charge in [0.05, 0.1) is 40.9 Å². The van der Waals surface area contributed by atoms with Crippen LogP contribution in [0.2, 0.25) is 5.02 Å². The molecular weight excluding hydrogens is 567 g/mol. The standard InChI is InChI=1S/C27H30ClF3N5O3S/c1-40(38,39)35-11-10-24-22(18-35)26(19-6-8-20(9-7-19)27(29,30)31)32-36(24)17-21(37)16-33-12-14-34(15-13-33)25-5-3-2-4-23(25)28/h2-4,6-9,21,37H,10-18H2,1H3. The minimum absolute atomic E-state index is 0.0711. The van der Waals surface area contributed by atoms with E-state index in [-0.39, 0.29) is 19.6 Å².